The maximum atomic E-state index is 12.3. The third-order valence-electron chi connectivity index (χ3n) is 3.91. The first-order valence-corrected chi connectivity index (χ1v) is 10.9. The van der Waals surface area contributed by atoms with Gasteiger partial charge in [-0.2, -0.15) is 16.9 Å². The summed E-state index contributed by atoms with van der Waals surface area (Å²) in [6.45, 7) is 3.57. The smallest absolute Gasteiger partial charge is 0.311 e. The zero-order chi connectivity index (χ0) is 19.9. The molecule has 0 radical (unpaired) electrons. The lowest BCUT2D eigenvalue weighted by Crippen LogP contribution is -2.36. The van der Waals surface area contributed by atoms with Crippen LogP contribution in [0.5, 0.6) is 0 Å². The Balaban J connectivity index is 1.61. The van der Waals surface area contributed by atoms with Gasteiger partial charge in [-0.1, -0.05) is 0 Å². The predicted octanol–water partition coefficient (Wildman–Crippen LogP) is 0.997. The number of thioether (sulfide) groups is 1. The van der Waals surface area contributed by atoms with Crippen molar-refractivity contribution in [2.45, 2.75) is 19.9 Å². The van der Waals surface area contributed by atoms with Gasteiger partial charge in [-0.15, -0.1) is 11.3 Å². The maximum absolute atomic E-state index is 12.3. The molecule has 9 nitrogen and oxygen atoms in total. The molecule has 1 aliphatic heterocycles. The summed E-state index contributed by atoms with van der Waals surface area (Å²) in [6, 6.07) is 3.12. The van der Waals surface area contributed by atoms with Gasteiger partial charge in [0.25, 0.3) is 5.56 Å². The van der Waals surface area contributed by atoms with Crippen LogP contribution in [0.25, 0.3) is 0 Å². The second-order valence-electron chi connectivity index (χ2n) is 5.96. The third kappa shape index (κ3) is 5.55. The number of amides is 1. The molecule has 2 aromatic rings. The number of hydrogen-bond acceptors (Lipinski definition) is 9. The molecule has 28 heavy (non-hydrogen) atoms. The summed E-state index contributed by atoms with van der Waals surface area (Å²) >= 11 is 3.09. The zero-order valence-electron chi connectivity index (χ0n) is 15.4. The van der Waals surface area contributed by atoms with Gasteiger partial charge in [-0.25, -0.2) is 9.67 Å². The van der Waals surface area contributed by atoms with Gasteiger partial charge in [0.1, 0.15) is 12.4 Å². The standard InChI is InChI=1S/C17H21N5O4S2/c1-2-26-16(25)9-12-11-28-17(18-12)19-14(23)10-22-15(24)4-3-13(20-22)21-5-7-27-8-6-21/h3-4,11H,2,5-10H2,1H3,(H,18,19,23). The molecule has 0 saturated carbocycles. The number of nitrogens with one attached hydrogen (secondary N) is 1. The molecule has 0 aliphatic carbocycles. The highest BCUT2D eigenvalue weighted by atomic mass is 32.2. The lowest BCUT2D eigenvalue weighted by Gasteiger charge is -2.27. The number of nitrogens with zero attached hydrogens (tertiary/aromatic N) is 4. The number of thiazole rings is 1. The Labute approximate surface area is 170 Å². The number of esters is 1. The average molecular weight is 424 g/mol. The van der Waals surface area contributed by atoms with Crippen LogP contribution in [0.1, 0.15) is 12.6 Å². The molecule has 11 heteroatoms. The van der Waals surface area contributed by atoms with Crippen molar-refractivity contribution >= 4 is 45.9 Å². The van der Waals surface area contributed by atoms with Crippen molar-refractivity contribution in [1.29, 1.82) is 0 Å². The van der Waals surface area contributed by atoms with Gasteiger partial charge in [0.15, 0.2) is 5.13 Å². The molecule has 1 saturated heterocycles. The van der Waals surface area contributed by atoms with Crippen molar-refractivity contribution in [3.05, 3.63) is 33.6 Å². The fourth-order valence-electron chi connectivity index (χ4n) is 2.61. The van der Waals surface area contributed by atoms with Crippen molar-refractivity contribution in [3.63, 3.8) is 0 Å². The molecular weight excluding hydrogens is 402 g/mol. The van der Waals surface area contributed by atoms with Crippen LogP contribution in [0.3, 0.4) is 0 Å². The van der Waals surface area contributed by atoms with E-state index in [0.717, 1.165) is 29.3 Å². The molecule has 1 aliphatic rings. The first-order chi connectivity index (χ1) is 13.5. The molecule has 3 rings (SSSR count). The highest BCUT2D eigenvalue weighted by molar-refractivity contribution is 7.99. The monoisotopic (exact) mass is 423 g/mol. The molecule has 0 unspecified atom stereocenters. The van der Waals surface area contributed by atoms with Crippen molar-refractivity contribution in [3.8, 4) is 0 Å². The Kier molecular flexibility index (Phi) is 7.04. The molecule has 1 N–H and O–H groups in total. The van der Waals surface area contributed by atoms with Crippen LogP contribution in [0.4, 0.5) is 10.9 Å². The number of anilines is 2. The summed E-state index contributed by atoms with van der Waals surface area (Å²) in [5.41, 5.74) is 0.187. The first kappa shape index (κ1) is 20.3. The first-order valence-electron chi connectivity index (χ1n) is 8.86. The van der Waals surface area contributed by atoms with Gasteiger partial charge in [0.2, 0.25) is 5.91 Å². The minimum Gasteiger partial charge on any atom is -0.466 e. The Morgan fingerprint density at radius 1 is 1.29 bits per heavy atom. The van der Waals surface area contributed by atoms with Crippen molar-refractivity contribution < 1.29 is 14.3 Å². The van der Waals surface area contributed by atoms with E-state index in [1.807, 2.05) is 11.8 Å². The van der Waals surface area contributed by atoms with E-state index in [9.17, 15) is 14.4 Å². The van der Waals surface area contributed by atoms with Gasteiger partial charge in [-0.3, -0.25) is 14.4 Å². The summed E-state index contributed by atoms with van der Waals surface area (Å²) in [7, 11) is 0. The van der Waals surface area contributed by atoms with Gasteiger partial charge >= 0.3 is 5.97 Å². The summed E-state index contributed by atoms with van der Waals surface area (Å²) in [4.78, 5) is 42.2. The fourth-order valence-corrected chi connectivity index (χ4v) is 4.24. The zero-order valence-corrected chi connectivity index (χ0v) is 17.1. The van der Waals surface area contributed by atoms with E-state index in [0.29, 0.717) is 23.3 Å². The largest absolute Gasteiger partial charge is 0.466 e. The molecule has 2 aromatic heterocycles. The number of carbonyl (C=O) groups is 2. The van der Waals surface area contributed by atoms with Crippen molar-refractivity contribution in [1.82, 2.24) is 14.8 Å². The minimum atomic E-state index is -0.405. The van der Waals surface area contributed by atoms with Crippen molar-refractivity contribution in [2.24, 2.45) is 0 Å². The van der Waals surface area contributed by atoms with E-state index < -0.39 is 5.91 Å². The number of carbonyl (C=O) groups excluding carboxylic acids is 2. The van der Waals surface area contributed by atoms with E-state index in [2.05, 4.69) is 20.3 Å². The molecule has 1 amide bonds. The normalized spacial score (nSPS) is 14.0. The Morgan fingerprint density at radius 2 is 2.07 bits per heavy atom. The van der Waals surface area contributed by atoms with E-state index in [-0.39, 0.29) is 24.5 Å². The Hall–Kier alpha value is -2.40. The third-order valence-corrected chi connectivity index (χ3v) is 5.66. The molecule has 1 fully saturated rings. The number of aromatic nitrogens is 3. The van der Waals surface area contributed by atoms with Crippen LogP contribution in [0, 0.1) is 0 Å². The lowest BCUT2D eigenvalue weighted by molar-refractivity contribution is -0.142. The lowest BCUT2D eigenvalue weighted by atomic mass is 10.3. The van der Waals surface area contributed by atoms with Crippen LogP contribution in [0.2, 0.25) is 0 Å². The molecule has 0 spiro atoms. The van der Waals surface area contributed by atoms with Crippen LogP contribution in [-0.4, -0.2) is 57.8 Å². The molecule has 0 bridgehead atoms. The number of rotatable bonds is 7. The highest BCUT2D eigenvalue weighted by Gasteiger charge is 2.15. The van der Waals surface area contributed by atoms with E-state index >= 15 is 0 Å². The quantitative estimate of drug-likeness (QED) is 0.658. The summed E-state index contributed by atoms with van der Waals surface area (Å²) < 4.78 is 6.03. The molecule has 0 atom stereocenters. The molecule has 150 valence electrons. The van der Waals surface area contributed by atoms with Gasteiger partial charge < -0.3 is 15.0 Å². The Morgan fingerprint density at radius 3 is 2.82 bits per heavy atom. The molecular formula is C17H21N5O4S2. The van der Waals surface area contributed by atoms with Crippen LogP contribution >= 0.6 is 23.1 Å². The van der Waals surface area contributed by atoms with E-state index in [1.54, 1.807) is 18.4 Å². The summed E-state index contributed by atoms with van der Waals surface area (Å²) in [6.07, 6.45) is 0.0530. The minimum absolute atomic E-state index is 0.0530. The van der Waals surface area contributed by atoms with Crippen LogP contribution in [-0.2, 0) is 27.3 Å². The summed E-state index contributed by atoms with van der Waals surface area (Å²) in [5, 5.41) is 9.02. The molecule has 0 aromatic carbocycles. The van der Waals surface area contributed by atoms with Crippen LogP contribution < -0.4 is 15.8 Å². The Bertz CT molecular complexity index is 892. The van der Waals surface area contributed by atoms with Gasteiger partial charge in [0, 0.05) is 36.0 Å². The SMILES string of the molecule is CCOC(=O)Cc1csc(NC(=O)Cn2nc(N3CCSCC3)ccc2=O)n1. The second kappa shape index (κ2) is 9.69. The molecule has 3 heterocycles. The van der Waals surface area contributed by atoms with Crippen LogP contribution in [0.15, 0.2) is 22.3 Å². The maximum Gasteiger partial charge on any atom is 0.311 e. The highest BCUT2D eigenvalue weighted by Crippen LogP contribution is 2.17. The average Bonchev–Trinajstić information content (AvgIpc) is 3.11. The predicted molar refractivity (Wildman–Crippen MR) is 109 cm³/mol. The van der Waals surface area contributed by atoms with Crippen molar-refractivity contribution in [2.75, 3.05) is 41.4 Å². The summed E-state index contributed by atoms with van der Waals surface area (Å²) in [5.74, 6) is 1.95. The number of ether oxygens (including phenoxy) is 1. The van der Waals surface area contributed by atoms with Gasteiger partial charge in [0.05, 0.1) is 18.7 Å². The number of hydrogen-bond donors (Lipinski definition) is 1. The van der Waals surface area contributed by atoms with E-state index in [4.69, 9.17) is 4.74 Å². The topological polar surface area (TPSA) is 106 Å². The van der Waals surface area contributed by atoms with Gasteiger partial charge in [-0.05, 0) is 13.0 Å². The fraction of sp³-hybridized carbons (Fsp3) is 0.471. The van der Waals surface area contributed by atoms with E-state index in [1.165, 1.54) is 17.4 Å². The second-order valence-corrected chi connectivity index (χ2v) is 8.04.